The maximum Gasteiger partial charge on any atom is 0.410 e. The number of methoxy groups -OCH3 is 2. The van der Waals surface area contributed by atoms with Crippen molar-refractivity contribution < 1.29 is 42.2 Å². The smallest absolute Gasteiger partial charge is 0.410 e. The molecule has 0 bridgehead atoms. The fraction of sp³-hybridized carbons (Fsp3) is 0.559. The van der Waals surface area contributed by atoms with Crippen LogP contribution in [0.3, 0.4) is 0 Å². The molecule has 2 saturated heterocycles. The Hall–Kier alpha value is -3.77. The number of likely N-dealkylation sites (tertiary alicyclic amines) is 2. The van der Waals surface area contributed by atoms with Crippen LogP contribution in [0.15, 0.2) is 42.5 Å². The maximum atomic E-state index is 14.2. The van der Waals surface area contributed by atoms with Gasteiger partial charge in [-0.2, -0.15) is 0 Å². The number of piperidine rings is 2. The molecule has 0 aliphatic carbocycles. The predicted molar refractivity (Wildman–Crippen MR) is 171 cm³/mol. The molecule has 46 heavy (non-hydrogen) atoms. The number of carbonyl (C=O) groups excluding carboxylic acids is 3. The lowest BCUT2D eigenvalue weighted by Gasteiger charge is -2.33. The van der Waals surface area contributed by atoms with Crippen molar-refractivity contribution in [3.05, 3.63) is 59.7 Å². The zero-order valence-corrected chi connectivity index (χ0v) is 28.3. The van der Waals surface area contributed by atoms with Gasteiger partial charge in [0.2, 0.25) is 5.91 Å². The van der Waals surface area contributed by atoms with Gasteiger partial charge in [0.15, 0.2) is 28.9 Å². The fourth-order valence-corrected chi connectivity index (χ4v) is 4.94. The molecule has 10 nitrogen and oxygen atoms in total. The van der Waals surface area contributed by atoms with E-state index in [1.807, 2.05) is 20.8 Å². The Labute approximate surface area is 271 Å². The molecule has 2 aromatic carbocycles. The van der Waals surface area contributed by atoms with Gasteiger partial charge < -0.3 is 24.0 Å². The van der Waals surface area contributed by atoms with E-state index in [2.05, 4.69) is 16.7 Å². The van der Waals surface area contributed by atoms with Gasteiger partial charge >= 0.3 is 6.09 Å². The molecular formula is C34H49F2N3O7. The number of nitrogens with zero attached hydrogens (tertiary/aromatic N) is 3. The van der Waals surface area contributed by atoms with Gasteiger partial charge in [0.1, 0.15) is 5.60 Å². The minimum absolute atomic E-state index is 0.0464. The summed E-state index contributed by atoms with van der Waals surface area (Å²) in [4.78, 5) is 44.9. The Morgan fingerprint density at radius 2 is 1.35 bits per heavy atom. The number of hydroxylamine groups is 2. The zero-order chi connectivity index (χ0) is 34.4. The number of carbonyl (C=O) groups is 3. The van der Waals surface area contributed by atoms with Crippen molar-refractivity contribution in [1.29, 1.82) is 0 Å². The molecule has 2 aliphatic rings. The summed E-state index contributed by atoms with van der Waals surface area (Å²) in [6.45, 7) is 8.31. The van der Waals surface area contributed by atoms with Gasteiger partial charge in [-0.3, -0.25) is 14.4 Å². The van der Waals surface area contributed by atoms with E-state index in [1.165, 1.54) is 44.6 Å². The van der Waals surface area contributed by atoms with Crippen molar-refractivity contribution in [2.75, 3.05) is 61.6 Å². The first-order chi connectivity index (χ1) is 21.7. The Kier molecular flexibility index (Phi) is 15.4. The van der Waals surface area contributed by atoms with Gasteiger partial charge in [-0.25, -0.2) is 18.6 Å². The molecule has 2 amide bonds. The number of benzene rings is 2. The van der Waals surface area contributed by atoms with Crippen molar-refractivity contribution >= 4 is 17.8 Å². The van der Waals surface area contributed by atoms with Crippen molar-refractivity contribution in [1.82, 2.24) is 14.9 Å². The third kappa shape index (κ3) is 11.9. The molecule has 2 aliphatic heterocycles. The standard InChI is InChI=1S/C18H24FNO4.C9H18N2O2.C7H7FO/c1-18(2,3)24-17(22)20-10-8-12(9-11-20)16(21)13-6-5-7-14(23-4)15(13)19;1-10-6-4-8(5-7-10)9(12)11(2)13-3;1-9-7-5-3-2-4-6(7)8/h5-7,12H,8-11H2,1-4H3;8H,4-7H2,1-3H3;2-5H,1H3. The van der Waals surface area contributed by atoms with Crippen LogP contribution in [0.1, 0.15) is 56.8 Å². The van der Waals surface area contributed by atoms with E-state index in [1.54, 1.807) is 36.2 Å². The van der Waals surface area contributed by atoms with Crippen molar-refractivity contribution in [2.24, 2.45) is 11.8 Å². The summed E-state index contributed by atoms with van der Waals surface area (Å²) in [5.41, 5.74) is -0.502. The van der Waals surface area contributed by atoms with Crippen LogP contribution in [0.5, 0.6) is 11.5 Å². The lowest BCUT2D eigenvalue weighted by Crippen LogP contribution is -2.43. The van der Waals surface area contributed by atoms with Crippen LogP contribution in [-0.4, -0.2) is 99.9 Å². The van der Waals surface area contributed by atoms with Gasteiger partial charge in [0.05, 0.1) is 26.9 Å². The first-order valence-electron chi connectivity index (χ1n) is 15.4. The Balaban J connectivity index is 0.000000278. The summed E-state index contributed by atoms with van der Waals surface area (Å²) in [6, 6.07) is 10.8. The molecule has 0 atom stereocenters. The number of hydrogen-bond acceptors (Lipinski definition) is 8. The minimum Gasteiger partial charge on any atom is -0.494 e. The quantitative estimate of drug-likeness (QED) is 0.284. The molecule has 0 saturated carbocycles. The number of rotatable bonds is 6. The molecule has 0 spiro atoms. The second-order valence-corrected chi connectivity index (χ2v) is 12.2. The Morgan fingerprint density at radius 1 is 0.804 bits per heavy atom. The summed E-state index contributed by atoms with van der Waals surface area (Å²) in [7, 11) is 8.08. The third-order valence-corrected chi connectivity index (χ3v) is 7.67. The summed E-state index contributed by atoms with van der Waals surface area (Å²) in [5, 5.41) is 1.33. The summed E-state index contributed by atoms with van der Waals surface area (Å²) < 4.78 is 41.6. The number of para-hydroxylation sites is 1. The summed E-state index contributed by atoms with van der Waals surface area (Å²) >= 11 is 0. The van der Waals surface area contributed by atoms with E-state index in [4.69, 9.17) is 14.3 Å². The van der Waals surface area contributed by atoms with Crippen LogP contribution in [0.2, 0.25) is 0 Å². The molecule has 12 heteroatoms. The molecular weight excluding hydrogens is 600 g/mol. The van der Waals surface area contributed by atoms with Crippen LogP contribution in [0.25, 0.3) is 0 Å². The predicted octanol–water partition coefficient (Wildman–Crippen LogP) is 5.85. The lowest BCUT2D eigenvalue weighted by atomic mass is 9.88. The molecule has 2 heterocycles. The van der Waals surface area contributed by atoms with Gasteiger partial charge in [-0.05, 0) is 90.9 Å². The van der Waals surface area contributed by atoms with E-state index in [9.17, 15) is 23.2 Å². The van der Waals surface area contributed by atoms with Crippen LogP contribution in [-0.2, 0) is 14.4 Å². The fourth-order valence-electron chi connectivity index (χ4n) is 4.94. The summed E-state index contributed by atoms with van der Waals surface area (Å²) in [6.07, 6.45) is 2.51. The molecule has 2 aromatic rings. The van der Waals surface area contributed by atoms with Gasteiger partial charge in [0, 0.05) is 32.0 Å². The number of hydrogen-bond donors (Lipinski definition) is 0. The van der Waals surface area contributed by atoms with E-state index in [-0.39, 0.29) is 52.5 Å². The molecule has 0 unspecified atom stereocenters. The number of Topliss-reactive ketones (excluding diaryl/α,β-unsaturated/α-hetero) is 1. The SMILES string of the molecule is CON(C)C(=O)C1CCN(C)CC1.COc1cccc(C(=O)C2CCN(C(=O)OC(C)(C)C)CC2)c1F.COc1ccccc1F. The molecule has 4 rings (SSSR count). The average molecular weight is 650 g/mol. The van der Waals surface area contributed by atoms with Crippen molar-refractivity contribution in [3.8, 4) is 11.5 Å². The van der Waals surface area contributed by atoms with Crippen LogP contribution in [0, 0.1) is 23.5 Å². The highest BCUT2D eigenvalue weighted by Crippen LogP contribution is 2.27. The molecule has 0 radical (unpaired) electrons. The zero-order valence-electron chi connectivity index (χ0n) is 28.3. The van der Waals surface area contributed by atoms with Crippen LogP contribution in [0.4, 0.5) is 13.6 Å². The van der Waals surface area contributed by atoms with Gasteiger partial charge in [-0.15, -0.1) is 0 Å². The number of amides is 2. The highest BCUT2D eigenvalue weighted by Gasteiger charge is 2.32. The number of ketones is 1. The normalized spacial score (nSPS) is 15.8. The first-order valence-corrected chi connectivity index (χ1v) is 15.4. The van der Waals surface area contributed by atoms with E-state index in [0.29, 0.717) is 25.9 Å². The van der Waals surface area contributed by atoms with E-state index < -0.39 is 11.4 Å². The van der Waals surface area contributed by atoms with Crippen LogP contribution >= 0.6 is 0 Å². The maximum absolute atomic E-state index is 14.2. The van der Waals surface area contributed by atoms with E-state index in [0.717, 1.165) is 25.9 Å². The average Bonchev–Trinajstić information content (AvgIpc) is 3.04. The van der Waals surface area contributed by atoms with Crippen LogP contribution < -0.4 is 9.47 Å². The van der Waals surface area contributed by atoms with E-state index >= 15 is 0 Å². The molecule has 2 fully saturated rings. The summed E-state index contributed by atoms with van der Waals surface area (Å²) in [5.74, 6) is -0.874. The highest BCUT2D eigenvalue weighted by molar-refractivity contribution is 5.98. The largest absolute Gasteiger partial charge is 0.494 e. The van der Waals surface area contributed by atoms with Crippen molar-refractivity contribution in [2.45, 2.75) is 52.1 Å². The van der Waals surface area contributed by atoms with Gasteiger partial charge in [-0.1, -0.05) is 18.2 Å². The number of ether oxygens (including phenoxy) is 3. The Morgan fingerprint density at radius 3 is 1.85 bits per heavy atom. The second-order valence-electron chi connectivity index (χ2n) is 12.2. The lowest BCUT2D eigenvalue weighted by molar-refractivity contribution is -0.174. The topological polar surface area (TPSA) is 97.9 Å². The van der Waals surface area contributed by atoms with Crippen molar-refractivity contribution in [3.63, 3.8) is 0 Å². The number of halogens is 2. The molecule has 256 valence electrons. The monoisotopic (exact) mass is 649 g/mol. The second kappa shape index (κ2) is 18.4. The minimum atomic E-state index is -0.625. The highest BCUT2D eigenvalue weighted by atomic mass is 19.1. The molecule has 0 N–H and O–H groups in total. The van der Waals surface area contributed by atoms with Gasteiger partial charge in [0.25, 0.3) is 0 Å². The first kappa shape index (κ1) is 38.4. The molecule has 0 aromatic heterocycles. The third-order valence-electron chi connectivity index (χ3n) is 7.67. The Bertz CT molecular complexity index is 1270.